The van der Waals surface area contributed by atoms with E-state index in [0.717, 1.165) is 19.6 Å². The highest BCUT2D eigenvalue weighted by molar-refractivity contribution is 4.92. The van der Waals surface area contributed by atoms with Gasteiger partial charge < -0.3 is 10.1 Å². The maximum absolute atomic E-state index is 5.94. The zero-order chi connectivity index (χ0) is 11.6. The topological polar surface area (TPSA) is 24.5 Å². The summed E-state index contributed by atoms with van der Waals surface area (Å²) in [6, 6.07) is 0. The quantitative estimate of drug-likeness (QED) is 0.791. The number of nitrogens with one attached hydrogen (secondary N) is 1. The molecular weight excluding hydrogens is 200 g/mol. The second-order valence-corrected chi connectivity index (χ2v) is 5.62. The molecule has 0 saturated carbocycles. The van der Waals surface area contributed by atoms with E-state index >= 15 is 0 Å². The average molecular weight is 226 g/mol. The van der Waals surface area contributed by atoms with Crippen LogP contribution < -0.4 is 5.32 Å². The van der Waals surface area contributed by atoms with Crippen LogP contribution in [-0.4, -0.2) is 48.8 Å². The Morgan fingerprint density at radius 2 is 2.25 bits per heavy atom. The lowest BCUT2D eigenvalue weighted by Gasteiger charge is -2.45. The zero-order valence-corrected chi connectivity index (χ0v) is 11.0. The van der Waals surface area contributed by atoms with Crippen molar-refractivity contribution in [2.24, 2.45) is 0 Å². The predicted octanol–water partition coefficient (Wildman–Crippen LogP) is 1.63. The van der Waals surface area contributed by atoms with Crippen LogP contribution in [0, 0.1) is 0 Å². The standard InChI is InChI=1S/C13H26N2O/c1-4-13(3)10-14-7-8-15(13)9-12-6-5-11(2)16-12/h11-12,14H,4-10H2,1-3H3. The van der Waals surface area contributed by atoms with Gasteiger partial charge in [-0.15, -0.1) is 0 Å². The van der Waals surface area contributed by atoms with Crippen molar-refractivity contribution in [3.8, 4) is 0 Å². The molecular formula is C13H26N2O. The molecule has 3 heteroatoms. The molecule has 1 N–H and O–H groups in total. The van der Waals surface area contributed by atoms with E-state index in [1.54, 1.807) is 0 Å². The van der Waals surface area contributed by atoms with Gasteiger partial charge in [0.05, 0.1) is 12.2 Å². The van der Waals surface area contributed by atoms with E-state index in [1.165, 1.54) is 25.8 Å². The smallest absolute Gasteiger partial charge is 0.0706 e. The summed E-state index contributed by atoms with van der Waals surface area (Å²) in [7, 11) is 0. The lowest BCUT2D eigenvalue weighted by Crippen LogP contribution is -2.60. The highest BCUT2D eigenvalue weighted by Gasteiger charge is 2.35. The summed E-state index contributed by atoms with van der Waals surface area (Å²) in [4.78, 5) is 2.63. The van der Waals surface area contributed by atoms with E-state index in [0.29, 0.717) is 17.7 Å². The molecule has 2 aliphatic heterocycles. The third-order valence-corrected chi connectivity index (χ3v) is 4.33. The maximum Gasteiger partial charge on any atom is 0.0706 e. The first-order chi connectivity index (χ1) is 7.64. The summed E-state index contributed by atoms with van der Waals surface area (Å²) in [6.07, 6.45) is 4.63. The van der Waals surface area contributed by atoms with Gasteiger partial charge in [0.2, 0.25) is 0 Å². The molecule has 3 unspecified atom stereocenters. The zero-order valence-electron chi connectivity index (χ0n) is 11.0. The van der Waals surface area contributed by atoms with Crippen molar-refractivity contribution >= 4 is 0 Å². The Morgan fingerprint density at radius 1 is 1.44 bits per heavy atom. The van der Waals surface area contributed by atoms with Gasteiger partial charge in [0.25, 0.3) is 0 Å². The highest BCUT2D eigenvalue weighted by Crippen LogP contribution is 2.25. The molecule has 0 aliphatic carbocycles. The molecule has 16 heavy (non-hydrogen) atoms. The van der Waals surface area contributed by atoms with E-state index < -0.39 is 0 Å². The Balaban J connectivity index is 1.91. The summed E-state index contributed by atoms with van der Waals surface area (Å²) in [5.41, 5.74) is 0.327. The van der Waals surface area contributed by atoms with Crippen molar-refractivity contribution in [1.82, 2.24) is 10.2 Å². The van der Waals surface area contributed by atoms with E-state index in [-0.39, 0.29) is 0 Å². The molecule has 0 aromatic rings. The molecule has 94 valence electrons. The van der Waals surface area contributed by atoms with Crippen LogP contribution in [0.3, 0.4) is 0 Å². The molecule has 0 radical (unpaired) electrons. The second kappa shape index (κ2) is 5.03. The molecule has 3 nitrogen and oxygen atoms in total. The van der Waals surface area contributed by atoms with Gasteiger partial charge in [-0.3, -0.25) is 4.90 Å². The number of hydrogen-bond acceptors (Lipinski definition) is 3. The summed E-state index contributed by atoms with van der Waals surface area (Å²) in [6.45, 7) is 11.4. The van der Waals surface area contributed by atoms with Gasteiger partial charge >= 0.3 is 0 Å². The summed E-state index contributed by atoms with van der Waals surface area (Å²) in [5, 5.41) is 3.51. The third kappa shape index (κ3) is 2.58. The van der Waals surface area contributed by atoms with Crippen LogP contribution in [0.4, 0.5) is 0 Å². The monoisotopic (exact) mass is 226 g/mol. The van der Waals surface area contributed by atoms with Crippen molar-refractivity contribution in [2.45, 2.75) is 57.8 Å². The summed E-state index contributed by atoms with van der Waals surface area (Å²) >= 11 is 0. The minimum absolute atomic E-state index is 0.327. The van der Waals surface area contributed by atoms with Crippen LogP contribution in [0.2, 0.25) is 0 Å². The Hall–Kier alpha value is -0.120. The Labute approximate surface area is 99.5 Å². The van der Waals surface area contributed by atoms with E-state index in [1.807, 2.05) is 0 Å². The lowest BCUT2D eigenvalue weighted by atomic mass is 9.93. The first-order valence-corrected chi connectivity index (χ1v) is 6.75. The molecule has 0 amide bonds. The van der Waals surface area contributed by atoms with E-state index in [4.69, 9.17) is 4.74 Å². The van der Waals surface area contributed by atoms with Gasteiger partial charge in [-0.25, -0.2) is 0 Å². The van der Waals surface area contributed by atoms with E-state index in [9.17, 15) is 0 Å². The van der Waals surface area contributed by atoms with Gasteiger partial charge in [-0.05, 0) is 33.1 Å². The lowest BCUT2D eigenvalue weighted by molar-refractivity contribution is -0.00951. The molecule has 2 heterocycles. The van der Waals surface area contributed by atoms with Crippen LogP contribution >= 0.6 is 0 Å². The Morgan fingerprint density at radius 3 is 2.88 bits per heavy atom. The second-order valence-electron chi connectivity index (χ2n) is 5.62. The number of nitrogens with zero attached hydrogens (tertiary/aromatic N) is 1. The molecule has 2 rings (SSSR count). The minimum atomic E-state index is 0.327. The first-order valence-electron chi connectivity index (χ1n) is 6.75. The number of hydrogen-bond donors (Lipinski definition) is 1. The van der Waals surface area contributed by atoms with Crippen LogP contribution in [-0.2, 0) is 4.74 Å². The third-order valence-electron chi connectivity index (χ3n) is 4.33. The van der Waals surface area contributed by atoms with Gasteiger partial charge in [0.15, 0.2) is 0 Å². The van der Waals surface area contributed by atoms with Crippen LogP contribution in [0.25, 0.3) is 0 Å². The Kier molecular flexibility index (Phi) is 3.88. The van der Waals surface area contributed by atoms with Crippen molar-refractivity contribution in [1.29, 1.82) is 0 Å². The summed E-state index contributed by atoms with van der Waals surface area (Å²) in [5.74, 6) is 0. The molecule has 0 aromatic carbocycles. The van der Waals surface area contributed by atoms with Crippen LogP contribution in [0.1, 0.15) is 40.0 Å². The van der Waals surface area contributed by atoms with Crippen molar-refractivity contribution in [2.75, 3.05) is 26.2 Å². The van der Waals surface area contributed by atoms with Gasteiger partial charge in [0.1, 0.15) is 0 Å². The normalized spacial score (nSPS) is 41.4. The highest BCUT2D eigenvalue weighted by atomic mass is 16.5. The largest absolute Gasteiger partial charge is 0.374 e. The predicted molar refractivity (Wildman–Crippen MR) is 66.7 cm³/mol. The van der Waals surface area contributed by atoms with Gasteiger partial charge in [-0.2, -0.15) is 0 Å². The first kappa shape index (κ1) is 12.3. The van der Waals surface area contributed by atoms with Crippen LogP contribution in [0.15, 0.2) is 0 Å². The number of rotatable bonds is 3. The van der Waals surface area contributed by atoms with Crippen molar-refractivity contribution in [3.05, 3.63) is 0 Å². The molecule has 0 bridgehead atoms. The van der Waals surface area contributed by atoms with Gasteiger partial charge in [-0.1, -0.05) is 6.92 Å². The molecule has 2 aliphatic rings. The van der Waals surface area contributed by atoms with Crippen molar-refractivity contribution in [3.63, 3.8) is 0 Å². The number of ether oxygens (including phenoxy) is 1. The van der Waals surface area contributed by atoms with E-state index in [2.05, 4.69) is 31.0 Å². The number of piperazine rings is 1. The Bertz CT molecular complexity index is 234. The van der Waals surface area contributed by atoms with Crippen LogP contribution in [0.5, 0.6) is 0 Å². The molecule has 0 aromatic heterocycles. The molecule has 0 spiro atoms. The van der Waals surface area contributed by atoms with Gasteiger partial charge in [0, 0.05) is 31.7 Å². The molecule has 2 saturated heterocycles. The molecule has 2 fully saturated rings. The minimum Gasteiger partial charge on any atom is -0.374 e. The average Bonchev–Trinajstić information content (AvgIpc) is 2.68. The fourth-order valence-corrected chi connectivity index (χ4v) is 2.88. The fourth-order valence-electron chi connectivity index (χ4n) is 2.88. The SMILES string of the molecule is CCC1(C)CNCCN1CC1CCC(C)O1. The fraction of sp³-hybridized carbons (Fsp3) is 1.00. The molecule has 3 atom stereocenters. The summed E-state index contributed by atoms with van der Waals surface area (Å²) < 4.78 is 5.94. The maximum atomic E-state index is 5.94. The van der Waals surface area contributed by atoms with Crippen molar-refractivity contribution < 1.29 is 4.74 Å².